The van der Waals surface area contributed by atoms with E-state index in [0.29, 0.717) is 6.54 Å². The molecule has 3 aromatic carbocycles. The molecule has 0 amide bonds. The molecule has 0 saturated heterocycles. The summed E-state index contributed by atoms with van der Waals surface area (Å²) in [5, 5.41) is 11.6. The number of carboxylic acids is 1. The van der Waals surface area contributed by atoms with Gasteiger partial charge >= 0.3 is 5.97 Å². The van der Waals surface area contributed by atoms with E-state index in [4.69, 9.17) is 5.11 Å². The van der Waals surface area contributed by atoms with Crippen LogP contribution in [0.25, 0.3) is 21.9 Å². The lowest BCUT2D eigenvalue weighted by Crippen LogP contribution is -2.10. The number of carbonyl (C=O) groups is 1. The van der Waals surface area contributed by atoms with E-state index in [-0.39, 0.29) is 5.82 Å². The molecule has 0 aliphatic carbocycles. The molecule has 0 radical (unpaired) electrons. The molecule has 4 heteroatoms. The monoisotopic (exact) mass is 342 g/mol. The van der Waals surface area contributed by atoms with E-state index >= 15 is 0 Å². The van der Waals surface area contributed by atoms with Crippen molar-refractivity contribution in [3.8, 4) is 11.1 Å². The number of imidazole rings is 1. The number of aromatic carboxylic acids is 1. The molecule has 0 spiro atoms. The van der Waals surface area contributed by atoms with Gasteiger partial charge in [-0.3, -0.25) is 0 Å². The predicted octanol–water partition coefficient (Wildman–Crippen LogP) is 4.64. The quantitative estimate of drug-likeness (QED) is 0.575. The summed E-state index contributed by atoms with van der Waals surface area (Å²) in [6, 6.07) is 23.3. The lowest BCUT2D eigenvalue weighted by atomic mass is 10.00. The predicted molar refractivity (Wildman–Crippen MR) is 102 cm³/mol. The van der Waals surface area contributed by atoms with Gasteiger partial charge in [-0.15, -0.1) is 0 Å². The Morgan fingerprint density at radius 2 is 1.65 bits per heavy atom. The number of hydrogen-bond donors (Lipinski definition) is 1. The van der Waals surface area contributed by atoms with Crippen LogP contribution in [0.3, 0.4) is 0 Å². The molecule has 1 N–H and O–H groups in total. The van der Waals surface area contributed by atoms with Crippen molar-refractivity contribution in [2.45, 2.75) is 13.0 Å². The number of nitrogens with zero attached hydrogens (tertiary/aromatic N) is 2. The highest BCUT2D eigenvalue weighted by atomic mass is 16.4. The maximum Gasteiger partial charge on any atom is 0.372 e. The first-order chi connectivity index (χ1) is 12.7. The van der Waals surface area contributed by atoms with Crippen LogP contribution in [0.4, 0.5) is 0 Å². The fourth-order valence-electron chi connectivity index (χ4n) is 3.17. The van der Waals surface area contributed by atoms with Crippen LogP contribution in [0.5, 0.6) is 0 Å². The molecule has 4 aromatic rings. The van der Waals surface area contributed by atoms with Crippen LogP contribution in [0.15, 0.2) is 79.1 Å². The molecule has 0 fully saturated rings. The Labute approximate surface area is 151 Å². The number of hydrogen-bond acceptors (Lipinski definition) is 2. The summed E-state index contributed by atoms with van der Waals surface area (Å²) in [6.45, 7) is 0.594. The van der Waals surface area contributed by atoms with Crippen LogP contribution in [-0.4, -0.2) is 20.6 Å². The fraction of sp³-hybridized carbons (Fsp3) is 0.0909. The summed E-state index contributed by atoms with van der Waals surface area (Å²) in [4.78, 5) is 15.0. The molecule has 4 nitrogen and oxygen atoms in total. The summed E-state index contributed by atoms with van der Waals surface area (Å²) < 4.78 is 1.67. The molecule has 0 saturated carbocycles. The van der Waals surface area contributed by atoms with Crippen molar-refractivity contribution >= 4 is 16.7 Å². The second-order valence-corrected chi connectivity index (χ2v) is 6.26. The topological polar surface area (TPSA) is 55.1 Å². The first-order valence-electron chi connectivity index (χ1n) is 8.53. The van der Waals surface area contributed by atoms with Crippen molar-refractivity contribution < 1.29 is 9.90 Å². The Hall–Kier alpha value is -3.40. The van der Waals surface area contributed by atoms with Crippen molar-refractivity contribution in [3.05, 3.63) is 90.5 Å². The molecule has 0 atom stereocenters. The van der Waals surface area contributed by atoms with Gasteiger partial charge in [0.2, 0.25) is 5.82 Å². The summed E-state index contributed by atoms with van der Waals surface area (Å²) in [7, 11) is 0. The zero-order valence-corrected chi connectivity index (χ0v) is 14.2. The van der Waals surface area contributed by atoms with Gasteiger partial charge in [0.05, 0.1) is 0 Å². The standard InChI is InChI=1S/C22H18N2O2/c25-22(26)21-23-12-14-24(21)13-11-16-5-7-18(8-6-16)20-10-9-17-3-1-2-4-19(17)15-20/h1-10,12,14-15H,11,13H2,(H,25,26). The van der Waals surface area contributed by atoms with Crippen LogP contribution in [0.1, 0.15) is 16.2 Å². The normalized spacial score (nSPS) is 10.9. The minimum Gasteiger partial charge on any atom is -0.475 e. The Morgan fingerprint density at radius 3 is 2.42 bits per heavy atom. The summed E-state index contributed by atoms with van der Waals surface area (Å²) in [5.74, 6) is -0.917. The maximum atomic E-state index is 11.1. The molecule has 4 rings (SSSR count). The number of benzene rings is 3. The Balaban J connectivity index is 1.50. The van der Waals surface area contributed by atoms with Crippen molar-refractivity contribution in [3.63, 3.8) is 0 Å². The van der Waals surface area contributed by atoms with Crippen LogP contribution < -0.4 is 0 Å². The van der Waals surface area contributed by atoms with E-state index in [9.17, 15) is 4.79 Å². The van der Waals surface area contributed by atoms with E-state index < -0.39 is 5.97 Å². The average Bonchev–Trinajstić information content (AvgIpc) is 3.15. The third kappa shape index (κ3) is 3.22. The van der Waals surface area contributed by atoms with Crippen molar-refractivity contribution in [1.29, 1.82) is 0 Å². The molecule has 26 heavy (non-hydrogen) atoms. The third-order valence-corrected chi connectivity index (χ3v) is 4.58. The van der Waals surface area contributed by atoms with Gasteiger partial charge in [0.1, 0.15) is 0 Å². The molecule has 0 bridgehead atoms. The van der Waals surface area contributed by atoms with Crippen LogP contribution in [0, 0.1) is 0 Å². The van der Waals surface area contributed by atoms with Gasteiger partial charge in [0.25, 0.3) is 0 Å². The summed E-state index contributed by atoms with van der Waals surface area (Å²) in [5.41, 5.74) is 3.53. The molecule has 1 heterocycles. The minimum atomic E-state index is -0.998. The van der Waals surface area contributed by atoms with Crippen molar-refractivity contribution in [1.82, 2.24) is 9.55 Å². The highest BCUT2D eigenvalue weighted by Gasteiger charge is 2.10. The van der Waals surface area contributed by atoms with E-state index in [0.717, 1.165) is 6.42 Å². The highest BCUT2D eigenvalue weighted by molar-refractivity contribution is 5.87. The molecular weight excluding hydrogens is 324 g/mol. The third-order valence-electron chi connectivity index (χ3n) is 4.58. The number of aryl methyl sites for hydroxylation is 2. The minimum absolute atomic E-state index is 0.0813. The SMILES string of the molecule is O=C(O)c1nccn1CCc1ccc(-c2ccc3ccccc3c2)cc1. The maximum absolute atomic E-state index is 11.1. The second kappa shape index (κ2) is 6.84. The Kier molecular flexibility index (Phi) is 4.23. The molecule has 0 aliphatic rings. The second-order valence-electron chi connectivity index (χ2n) is 6.26. The fourth-order valence-corrected chi connectivity index (χ4v) is 3.17. The van der Waals surface area contributed by atoms with Crippen molar-refractivity contribution in [2.75, 3.05) is 0 Å². The molecule has 0 unspecified atom stereocenters. The lowest BCUT2D eigenvalue weighted by Gasteiger charge is -2.08. The largest absolute Gasteiger partial charge is 0.475 e. The van der Waals surface area contributed by atoms with Crippen LogP contribution >= 0.6 is 0 Å². The molecule has 1 aromatic heterocycles. The van der Waals surface area contributed by atoms with E-state index in [1.165, 1.54) is 33.7 Å². The lowest BCUT2D eigenvalue weighted by molar-refractivity contribution is 0.0678. The summed E-state index contributed by atoms with van der Waals surface area (Å²) >= 11 is 0. The molecule has 0 aliphatic heterocycles. The number of fused-ring (bicyclic) bond motifs is 1. The van der Waals surface area contributed by atoms with Gasteiger partial charge in [0, 0.05) is 18.9 Å². The zero-order valence-electron chi connectivity index (χ0n) is 14.2. The van der Waals surface area contributed by atoms with E-state index in [1.54, 1.807) is 10.8 Å². The summed E-state index contributed by atoms with van der Waals surface area (Å²) in [6.07, 6.45) is 3.98. The van der Waals surface area contributed by atoms with Gasteiger partial charge in [-0.05, 0) is 39.9 Å². The number of aromatic nitrogens is 2. The van der Waals surface area contributed by atoms with Gasteiger partial charge < -0.3 is 9.67 Å². The molecular formula is C22H18N2O2. The van der Waals surface area contributed by atoms with Gasteiger partial charge in [-0.25, -0.2) is 9.78 Å². The first-order valence-corrected chi connectivity index (χ1v) is 8.53. The number of rotatable bonds is 5. The first kappa shape index (κ1) is 16.1. The number of carboxylic acid groups (broad SMARTS) is 1. The van der Waals surface area contributed by atoms with Gasteiger partial charge in [-0.1, -0.05) is 60.7 Å². The smallest absolute Gasteiger partial charge is 0.372 e. The van der Waals surface area contributed by atoms with Crippen molar-refractivity contribution in [2.24, 2.45) is 0 Å². The Bertz CT molecular complexity index is 1060. The average molecular weight is 342 g/mol. The van der Waals surface area contributed by atoms with Crippen LogP contribution in [0.2, 0.25) is 0 Å². The van der Waals surface area contributed by atoms with Gasteiger partial charge in [-0.2, -0.15) is 0 Å². The Morgan fingerprint density at radius 1 is 0.923 bits per heavy atom. The molecule has 128 valence electrons. The van der Waals surface area contributed by atoms with Gasteiger partial charge in [0.15, 0.2) is 0 Å². The van der Waals surface area contributed by atoms with E-state index in [2.05, 4.69) is 65.6 Å². The van der Waals surface area contributed by atoms with Crippen LogP contribution in [-0.2, 0) is 13.0 Å². The van der Waals surface area contributed by atoms with E-state index in [1.807, 2.05) is 6.07 Å². The highest BCUT2D eigenvalue weighted by Crippen LogP contribution is 2.25. The zero-order chi connectivity index (χ0) is 17.9.